The quantitative estimate of drug-likeness (QED) is 0.239. The maximum absolute atomic E-state index is 11.9. The number of hydrogen-bond donors (Lipinski definition) is 1. The van der Waals surface area contributed by atoms with Crippen molar-refractivity contribution >= 4 is 22.3 Å². The number of amides is 3. The van der Waals surface area contributed by atoms with E-state index in [9.17, 15) is 22.6 Å². The summed E-state index contributed by atoms with van der Waals surface area (Å²) < 4.78 is 35.8. The molecule has 2 fully saturated rings. The van der Waals surface area contributed by atoms with E-state index in [1.54, 1.807) is 0 Å². The summed E-state index contributed by atoms with van der Waals surface area (Å²) in [5, 5.41) is 0.516. The molecule has 0 saturated carbocycles. The third kappa shape index (κ3) is 3.61. The first-order valence-electron chi connectivity index (χ1n) is 5.41. The number of hydroxylamine groups is 3. The minimum atomic E-state index is -5.02. The number of nitrogens with zero attached hydrogens (tertiary/aromatic N) is 2. The van der Waals surface area contributed by atoms with Gasteiger partial charge in [-0.25, -0.2) is 18.7 Å². The first-order valence-corrected chi connectivity index (χ1v) is 6.75. The van der Waals surface area contributed by atoms with Crippen molar-refractivity contribution in [3.63, 3.8) is 0 Å². The van der Waals surface area contributed by atoms with E-state index in [0.29, 0.717) is 17.9 Å². The monoisotopic (exact) mass is 317 g/mol. The summed E-state index contributed by atoms with van der Waals surface area (Å²) in [4.78, 5) is 29.2. The third-order valence-corrected chi connectivity index (χ3v) is 3.34. The van der Waals surface area contributed by atoms with Crippen molar-refractivity contribution in [1.29, 1.82) is 0 Å². The molecule has 20 heavy (non-hydrogen) atoms. The van der Waals surface area contributed by atoms with Gasteiger partial charge in [0.2, 0.25) is 10.4 Å². The van der Waals surface area contributed by atoms with E-state index < -0.39 is 34.4 Å². The molecule has 0 unspecified atom stereocenters. The molecule has 3 amide bonds. The molecule has 0 aliphatic carbocycles. The van der Waals surface area contributed by atoms with Gasteiger partial charge in [-0.2, -0.15) is 9.35 Å². The van der Waals surface area contributed by atoms with Gasteiger partial charge in [0.05, 0.1) is 13.2 Å². The van der Waals surface area contributed by atoms with Crippen molar-refractivity contribution in [2.45, 2.75) is 24.9 Å². The van der Waals surface area contributed by atoms with Gasteiger partial charge in [0.1, 0.15) is 6.04 Å². The smallest absolute Gasteiger partial charge is 0.724 e. The zero-order valence-corrected chi connectivity index (χ0v) is 13.8. The summed E-state index contributed by atoms with van der Waals surface area (Å²) in [6.07, 6.45) is 0.671. The van der Waals surface area contributed by atoms with Gasteiger partial charge in [-0.3, -0.25) is 9.63 Å². The van der Waals surface area contributed by atoms with Crippen molar-refractivity contribution in [2.24, 2.45) is 0 Å². The molecule has 0 aromatic heterocycles. The molecule has 2 heterocycles. The predicted octanol–water partition coefficient (Wildman–Crippen LogP) is -4.67. The largest absolute Gasteiger partial charge is 1.00 e. The van der Waals surface area contributed by atoms with Crippen molar-refractivity contribution < 1.29 is 61.2 Å². The second-order valence-electron chi connectivity index (χ2n) is 4.16. The van der Waals surface area contributed by atoms with Crippen LogP contribution in [-0.4, -0.2) is 60.6 Å². The van der Waals surface area contributed by atoms with E-state index in [1.807, 2.05) is 0 Å². The number of hydrogen-bond acceptors (Lipinski definition) is 7. The molecule has 2 aliphatic rings. The number of carbonyl (C=O) groups is 2. The van der Waals surface area contributed by atoms with Crippen molar-refractivity contribution in [3.05, 3.63) is 0 Å². The maximum atomic E-state index is 11.9. The molecule has 2 rings (SSSR count). The second kappa shape index (κ2) is 6.56. The van der Waals surface area contributed by atoms with Gasteiger partial charge in [-0.05, 0) is 12.8 Å². The van der Waals surface area contributed by atoms with Crippen LogP contribution in [0.3, 0.4) is 0 Å². The molecular formula is C8H12N3NaO7S. The van der Waals surface area contributed by atoms with E-state index in [4.69, 9.17) is 0 Å². The Morgan fingerprint density at radius 3 is 2.65 bits per heavy atom. The van der Waals surface area contributed by atoms with E-state index in [1.165, 1.54) is 7.11 Å². The molecular weight excluding hydrogens is 305 g/mol. The van der Waals surface area contributed by atoms with Gasteiger partial charge in [0.25, 0.3) is 5.91 Å². The van der Waals surface area contributed by atoms with E-state index in [0.717, 1.165) is 4.90 Å². The third-order valence-electron chi connectivity index (χ3n) is 3.00. The number of carbonyl (C=O) groups excluding carboxylic acids is 2. The number of rotatable bonds is 4. The molecule has 108 valence electrons. The summed E-state index contributed by atoms with van der Waals surface area (Å²) in [5.74, 6) is -0.513. The van der Waals surface area contributed by atoms with Crippen LogP contribution in [0.5, 0.6) is 0 Å². The summed E-state index contributed by atoms with van der Waals surface area (Å²) >= 11 is 0. The summed E-state index contributed by atoms with van der Waals surface area (Å²) in [6, 6.07) is -2.15. The van der Waals surface area contributed by atoms with Gasteiger partial charge in [-0.1, -0.05) is 0 Å². The van der Waals surface area contributed by atoms with Gasteiger partial charge in [0.15, 0.2) is 0 Å². The normalized spacial score (nSPS) is 25.4. The minimum Gasteiger partial charge on any atom is -0.724 e. The molecule has 2 bridgehead atoms. The molecule has 0 spiro atoms. The fraction of sp³-hybridized carbons (Fsp3) is 0.750. The van der Waals surface area contributed by atoms with E-state index >= 15 is 0 Å². The minimum absolute atomic E-state index is 0. The van der Waals surface area contributed by atoms with Crippen LogP contribution in [0, 0.1) is 0 Å². The molecule has 0 aromatic carbocycles. The number of fused-ring (bicyclic) bond motifs is 2. The molecule has 10 nitrogen and oxygen atoms in total. The Morgan fingerprint density at radius 2 is 2.10 bits per heavy atom. The van der Waals surface area contributed by atoms with Gasteiger partial charge >= 0.3 is 35.6 Å². The Kier molecular flexibility index (Phi) is 5.78. The zero-order valence-electron chi connectivity index (χ0n) is 10.9. The van der Waals surface area contributed by atoms with Crippen LogP contribution in [0.2, 0.25) is 0 Å². The zero-order chi connectivity index (χ0) is 14.2. The standard InChI is InChI=1S/C8H13N3O7S.Na/c1-17-9-7(12)6-3-2-5-4-10(6)8(13)11(5)18-19(14,15)16;/h5-6H,2-4H2,1H3,(H,9,12)(H,14,15,16);/q;+1/p-1/t5-,6+;/m1./s1. The molecule has 2 atom stereocenters. The molecule has 0 radical (unpaired) electrons. The Hall–Kier alpha value is -0.430. The molecule has 12 heteroatoms. The molecule has 0 aromatic rings. The summed E-state index contributed by atoms with van der Waals surface area (Å²) in [6.45, 7) is 0.121. The SMILES string of the molecule is CONC(=O)[C@@H]1CC[C@@H]2CN1C(=O)N2OS(=O)(=O)[O-].[Na+]. The van der Waals surface area contributed by atoms with Crippen molar-refractivity contribution in [1.82, 2.24) is 15.4 Å². The first-order chi connectivity index (χ1) is 8.83. The molecule has 1 N–H and O–H groups in total. The van der Waals surface area contributed by atoms with Crippen LogP contribution in [-0.2, 0) is 24.3 Å². The fourth-order valence-corrected chi connectivity index (χ4v) is 2.65. The molecule has 2 aliphatic heterocycles. The van der Waals surface area contributed by atoms with Crippen molar-refractivity contribution in [3.8, 4) is 0 Å². The summed E-state index contributed by atoms with van der Waals surface area (Å²) in [7, 11) is -3.77. The van der Waals surface area contributed by atoms with E-state index in [2.05, 4.69) is 14.6 Å². The Labute approximate surface area is 137 Å². The number of urea groups is 1. The fourth-order valence-electron chi connectivity index (χ4n) is 2.27. The maximum Gasteiger partial charge on any atom is 1.00 e. The van der Waals surface area contributed by atoms with Crippen LogP contribution < -0.4 is 35.0 Å². The van der Waals surface area contributed by atoms with E-state index in [-0.39, 0.29) is 36.1 Å². The topological polar surface area (TPSA) is 128 Å². The average Bonchev–Trinajstić information content (AvgIpc) is 2.53. The second-order valence-corrected chi connectivity index (χ2v) is 5.13. The average molecular weight is 317 g/mol. The van der Waals surface area contributed by atoms with Crippen LogP contribution in [0.4, 0.5) is 4.79 Å². The van der Waals surface area contributed by atoms with Crippen molar-refractivity contribution in [2.75, 3.05) is 13.7 Å². The Morgan fingerprint density at radius 1 is 1.45 bits per heavy atom. The number of nitrogens with one attached hydrogen (secondary N) is 1. The molecule has 2 saturated heterocycles. The van der Waals surface area contributed by atoms with Gasteiger partial charge in [-0.15, -0.1) is 0 Å². The number of piperidine rings is 1. The van der Waals surface area contributed by atoms with Crippen LogP contribution in [0.1, 0.15) is 12.8 Å². The Balaban J connectivity index is 0.00000200. The summed E-state index contributed by atoms with van der Waals surface area (Å²) in [5.41, 5.74) is 2.11. The van der Waals surface area contributed by atoms with Gasteiger partial charge < -0.3 is 9.45 Å². The first kappa shape index (κ1) is 17.6. The van der Waals surface area contributed by atoms with Crippen LogP contribution in [0.25, 0.3) is 0 Å². The van der Waals surface area contributed by atoms with Crippen LogP contribution >= 0.6 is 0 Å². The van der Waals surface area contributed by atoms with Crippen LogP contribution in [0.15, 0.2) is 0 Å². The predicted molar refractivity (Wildman–Crippen MR) is 56.7 cm³/mol. The van der Waals surface area contributed by atoms with Gasteiger partial charge in [0, 0.05) is 6.54 Å². The Bertz CT molecular complexity index is 498.